The fraction of sp³-hybridized carbons (Fsp3) is 0.500. The molecule has 0 saturated carbocycles. The number of carbonyl (C=O) groups excluding carboxylic acids is 1. The summed E-state index contributed by atoms with van der Waals surface area (Å²) in [5.41, 5.74) is 7.91. The van der Waals surface area contributed by atoms with Crippen LogP contribution in [-0.4, -0.2) is 25.2 Å². The van der Waals surface area contributed by atoms with Gasteiger partial charge in [-0.15, -0.1) is 0 Å². The van der Waals surface area contributed by atoms with Crippen molar-refractivity contribution in [1.82, 2.24) is 5.32 Å². The second kappa shape index (κ2) is 5.87. The molecular weight excluding hydrogens is 228 g/mol. The van der Waals surface area contributed by atoms with E-state index in [-0.39, 0.29) is 5.91 Å². The molecule has 1 unspecified atom stereocenters. The minimum absolute atomic E-state index is 0.0576. The van der Waals surface area contributed by atoms with Gasteiger partial charge in [0.1, 0.15) is 0 Å². The lowest BCUT2D eigenvalue weighted by molar-refractivity contribution is 0.0907. The van der Waals surface area contributed by atoms with E-state index in [0.29, 0.717) is 23.9 Å². The van der Waals surface area contributed by atoms with Gasteiger partial charge >= 0.3 is 0 Å². The quantitative estimate of drug-likeness (QED) is 0.800. The zero-order valence-electron chi connectivity index (χ0n) is 10.7. The molecule has 0 aliphatic carbocycles. The van der Waals surface area contributed by atoms with Gasteiger partial charge in [-0.1, -0.05) is 6.07 Å². The number of benzene rings is 1. The number of amides is 1. The predicted molar refractivity (Wildman–Crippen MR) is 71.5 cm³/mol. The van der Waals surface area contributed by atoms with E-state index in [4.69, 9.17) is 10.5 Å². The molecule has 0 aromatic heterocycles. The molecule has 0 radical (unpaired) electrons. The van der Waals surface area contributed by atoms with E-state index in [1.165, 1.54) is 0 Å². The van der Waals surface area contributed by atoms with Crippen LogP contribution in [0.3, 0.4) is 0 Å². The molecule has 1 fully saturated rings. The fourth-order valence-electron chi connectivity index (χ4n) is 2.20. The molecule has 1 heterocycles. The van der Waals surface area contributed by atoms with Gasteiger partial charge < -0.3 is 15.8 Å². The van der Waals surface area contributed by atoms with Gasteiger partial charge in [0.05, 0.1) is 6.10 Å². The zero-order valence-corrected chi connectivity index (χ0v) is 10.7. The van der Waals surface area contributed by atoms with Crippen LogP contribution in [0.2, 0.25) is 0 Å². The highest BCUT2D eigenvalue weighted by atomic mass is 16.5. The van der Waals surface area contributed by atoms with Crippen LogP contribution in [0.15, 0.2) is 18.2 Å². The summed E-state index contributed by atoms with van der Waals surface area (Å²) in [5, 5.41) is 2.92. The number of ether oxygens (including phenoxy) is 1. The van der Waals surface area contributed by atoms with Gasteiger partial charge in [-0.25, -0.2) is 0 Å². The topological polar surface area (TPSA) is 64.4 Å². The fourth-order valence-corrected chi connectivity index (χ4v) is 2.20. The molecule has 1 saturated heterocycles. The van der Waals surface area contributed by atoms with Crippen LogP contribution >= 0.6 is 0 Å². The highest BCUT2D eigenvalue weighted by molar-refractivity contribution is 5.96. The van der Waals surface area contributed by atoms with E-state index in [0.717, 1.165) is 31.4 Å². The molecule has 4 nitrogen and oxygen atoms in total. The van der Waals surface area contributed by atoms with Crippen molar-refractivity contribution in [2.75, 3.05) is 18.9 Å². The van der Waals surface area contributed by atoms with Crippen LogP contribution in [-0.2, 0) is 4.74 Å². The molecule has 4 heteroatoms. The Balaban J connectivity index is 1.85. The summed E-state index contributed by atoms with van der Waals surface area (Å²) < 4.78 is 5.51. The van der Waals surface area contributed by atoms with E-state index in [2.05, 4.69) is 5.32 Å². The Bertz CT molecular complexity index is 426. The number of hydrogen-bond donors (Lipinski definition) is 2. The molecule has 3 N–H and O–H groups in total. The Labute approximate surface area is 108 Å². The second-order valence-corrected chi connectivity index (χ2v) is 4.75. The number of nitrogen functional groups attached to an aromatic ring is 1. The summed E-state index contributed by atoms with van der Waals surface area (Å²) in [6, 6.07) is 5.39. The van der Waals surface area contributed by atoms with Crippen LogP contribution in [0, 0.1) is 6.92 Å². The zero-order chi connectivity index (χ0) is 13.0. The summed E-state index contributed by atoms with van der Waals surface area (Å²) in [6.45, 7) is 3.42. The predicted octanol–water partition coefficient (Wildman–Crippen LogP) is 1.88. The third-order valence-electron chi connectivity index (χ3n) is 3.28. The molecule has 0 bridgehead atoms. The van der Waals surface area contributed by atoms with Gasteiger partial charge in [0, 0.05) is 24.4 Å². The van der Waals surface area contributed by atoms with E-state index in [9.17, 15) is 4.79 Å². The largest absolute Gasteiger partial charge is 0.399 e. The number of hydrogen-bond acceptors (Lipinski definition) is 3. The standard InChI is InChI=1S/C14H20N2O2/c1-10-4-5-11(15)9-13(10)14(17)16-7-6-12-3-2-8-18-12/h4-5,9,12H,2-3,6-8,15H2,1H3,(H,16,17). The lowest BCUT2D eigenvalue weighted by Crippen LogP contribution is -2.27. The summed E-state index contributed by atoms with van der Waals surface area (Å²) in [4.78, 5) is 12.0. The van der Waals surface area contributed by atoms with E-state index in [1.807, 2.05) is 13.0 Å². The molecule has 0 spiro atoms. The summed E-state index contributed by atoms with van der Waals surface area (Å²) in [6.07, 6.45) is 3.43. The third-order valence-corrected chi connectivity index (χ3v) is 3.28. The maximum absolute atomic E-state index is 12.0. The van der Waals surface area contributed by atoms with E-state index < -0.39 is 0 Å². The molecule has 18 heavy (non-hydrogen) atoms. The SMILES string of the molecule is Cc1ccc(N)cc1C(=O)NCCC1CCCO1. The molecular formula is C14H20N2O2. The number of carbonyl (C=O) groups is 1. The molecule has 1 aromatic carbocycles. The van der Waals surface area contributed by atoms with Crippen LogP contribution in [0.5, 0.6) is 0 Å². The maximum atomic E-state index is 12.0. The van der Waals surface area contributed by atoms with Gasteiger partial charge in [-0.3, -0.25) is 4.79 Å². The van der Waals surface area contributed by atoms with Crippen molar-refractivity contribution in [1.29, 1.82) is 0 Å². The summed E-state index contributed by atoms with van der Waals surface area (Å²) in [5.74, 6) is -0.0576. The number of nitrogens with one attached hydrogen (secondary N) is 1. The maximum Gasteiger partial charge on any atom is 0.251 e. The van der Waals surface area contributed by atoms with Crippen LogP contribution in [0.1, 0.15) is 35.2 Å². The van der Waals surface area contributed by atoms with Crippen molar-refractivity contribution in [2.45, 2.75) is 32.3 Å². The van der Waals surface area contributed by atoms with E-state index >= 15 is 0 Å². The average molecular weight is 248 g/mol. The van der Waals surface area contributed by atoms with Crippen LogP contribution in [0.25, 0.3) is 0 Å². The average Bonchev–Trinajstić information content (AvgIpc) is 2.85. The van der Waals surface area contributed by atoms with Crippen molar-refractivity contribution >= 4 is 11.6 Å². The van der Waals surface area contributed by atoms with Gasteiger partial charge in [0.2, 0.25) is 0 Å². The lowest BCUT2D eigenvalue weighted by atomic mass is 10.1. The Hall–Kier alpha value is -1.55. The molecule has 98 valence electrons. The lowest BCUT2D eigenvalue weighted by Gasteiger charge is -2.11. The first-order chi connectivity index (χ1) is 8.66. The minimum Gasteiger partial charge on any atom is -0.399 e. The number of anilines is 1. The Kier molecular flexibility index (Phi) is 4.20. The minimum atomic E-state index is -0.0576. The monoisotopic (exact) mass is 248 g/mol. The molecule has 1 aromatic rings. The number of aryl methyl sites for hydroxylation is 1. The normalized spacial score (nSPS) is 18.8. The first-order valence-electron chi connectivity index (χ1n) is 6.43. The van der Waals surface area contributed by atoms with Gasteiger partial charge in [-0.05, 0) is 43.9 Å². The van der Waals surface area contributed by atoms with Crippen molar-refractivity contribution in [3.8, 4) is 0 Å². The van der Waals surface area contributed by atoms with Crippen LogP contribution in [0.4, 0.5) is 5.69 Å². The molecule has 1 aliphatic heterocycles. The highest BCUT2D eigenvalue weighted by Gasteiger charge is 2.15. The number of nitrogens with two attached hydrogens (primary N) is 1. The molecule has 1 aliphatic rings. The summed E-state index contributed by atoms with van der Waals surface area (Å²) >= 11 is 0. The molecule has 1 atom stereocenters. The molecule has 1 amide bonds. The third kappa shape index (κ3) is 3.23. The highest BCUT2D eigenvalue weighted by Crippen LogP contribution is 2.15. The first-order valence-corrected chi connectivity index (χ1v) is 6.43. The van der Waals surface area contributed by atoms with Crippen molar-refractivity contribution in [3.63, 3.8) is 0 Å². The van der Waals surface area contributed by atoms with Gasteiger partial charge in [0.15, 0.2) is 0 Å². The van der Waals surface area contributed by atoms with Crippen molar-refractivity contribution in [3.05, 3.63) is 29.3 Å². The van der Waals surface area contributed by atoms with E-state index in [1.54, 1.807) is 12.1 Å². The van der Waals surface area contributed by atoms with Crippen molar-refractivity contribution in [2.24, 2.45) is 0 Å². The van der Waals surface area contributed by atoms with Crippen molar-refractivity contribution < 1.29 is 9.53 Å². The Morgan fingerprint density at radius 1 is 1.56 bits per heavy atom. The Morgan fingerprint density at radius 2 is 2.39 bits per heavy atom. The smallest absolute Gasteiger partial charge is 0.251 e. The summed E-state index contributed by atoms with van der Waals surface area (Å²) in [7, 11) is 0. The van der Waals surface area contributed by atoms with Gasteiger partial charge in [-0.2, -0.15) is 0 Å². The van der Waals surface area contributed by atoms with Gasteiger partial charge in [0.25, 0.3) is 5.91 Å². The molecule has 2 rings (SSSR count). The first kappa shape index (κ1) is 12.9. The van der Waals surface area contributed by atoms with Crippen LogP contribution < -0.4 is 11.1 Å². The second-order valence-electron chi connectivity index (χ2n) is 4.75. The Morgan fingerprint density at radius 3 is 3.11 bits per heavy atom. The number of rotatable bonds is 4.